The number of aryl methyl sites for hydroxylation is 1. The first-order valence-electron chi connectivity index (χ1n) is 10.2. The summed E-state index contributed by atoms with van der Waals surface area (Å²) in [6.45, 7) is 2.15. The number of nitrogens with zero attached hydrogens (tertiary/aromatic N) is 5. The fourth-order valence-corrected chi connectivity index (χ4v) is 3.89. The predicted molar refractivity (Wildman–Crippen MR) is 118 cm³/mol. The van der Waals surface area contributed by atoms with Crippen molar-refractivity contribution in [3.8, 4) is 11.3 Å². The van der Waals surface area contributed by atoms with Gasteiger partial charge in [0.2, 0.25) is 0 Å². The number of fused-ring (bicyclic) bond motifs is 3. The molecule has 0 radical (unpaired) electrons. The van der Waals surface area contributed by atoms with Crippen molar-refractivity contribution in [3.05, 3.63) is 77.7 Å². The molecule has 166 valence electrons. The molecule has 4 aromatic rings. The van der Waals surface area contributed by atoms with Crippen LogP contribution >= 0.6 is 0 Å². The third kappa shape index (κ3) is 3.65. The van der Waals surface area contributed by atoms with E-state index in [1.54, 1.807) is 31.6 Å². The van der Waals surface area contributed by atoms with Gasteiger partial charge in [-0.05, 0) is 49.4 Å². The van der Waals surface area contributed by atoms with Crippen molar-refractivity contribution in [2.75, 3.05) is 11.9 Å². The Balaban J connectivity index is 1.74. The van der Waals surface area contributed by atoms with Gasteiger partial charge in [0, 0.05) is 36.3 Å². The zero-order valence-electron chi connectivity index (χ0n) is 17.8. The monoisotopic (exact) mass is 449 g/mol. The Kier molecular flexibility index (Phi) is 4.77. The molecule has 0 atom stereocenters. The number of carbonyl (C=O) groups excluding carboxylic acids is 1. The summed E-state index contributed by atoms with van der Waals surface area (Å²) in [5, 5.41) is 0. The van der Waals surface area contributed by atoms with E-state index in [-0.39, 0.29) is 12.2 Å². The number of urea groups is 1. The maximum Gasteiger partial charge on any atom is 0.416 e. The van der Waals surface area contributed by atoms with Crippen molar-refractivity contribution in [3.63, 3.8) is 0 Å². The van der Waals surface area contributed by atoms with E-state index < -0.39 is 17.8 Å². The van der Waals surface area contributed by atoms with Crippen LogP contribution in [0.4, 0.5) is 29.3 Å². The molecule has 0 spiro atoms. The molecule has 0 saturated heterocycles. The van der Waals surface area contributed by atoms with E-state index in [9.17, 15) is 18.0 Å². The number of anilines is 2. The van der Waals surface area contributed by atoms with E-state index >= 15 is 0 Å². The van der Waals surface area contributed by atoms with E-state index in [2.05, 4.69) is 9.97 Å². The summed E-state index contributed by atoms with van der Waals surface area (Å²) in [7, 11) is 1.60. The van der Waals surface area contributed by atoms with Gasteiger partial charge in [0.05, 0.1) is 34.7 Å². The second kappa shape index (κ2) is 7.54. The first-order valence-corrected chi connectivity index (χ1v) is 10.2. The van der Waals surface area contributed by atoms with Gasteiger partial charge in [0.1, 0.15) is 5.52 Å². The van der Waals surface area contributed by atoms with Gasteiger partial charge in [-0.25, -0.2) is 9.78 Å². The number of hydrogen-bond acceptors (Lipinski definition) is 4. The second-order valence-electron chi connectivity index (χ2n) is 7.91. The molecule has 3 aromatic heterocycles. The Morgan fingerprint density at radius 3 is 2.55 bits per heavy atom. The quantitative estimate of drug-likeness (QED) is 0.393. The number of halogens is 3. The molecule has 0 unspecified atom stereocenters. The van der Waals surface area contributed by atoms with Crippen LogP contribution in [-0.4, -0.2) is 32.9 Å². The van der Waals surface area contributed by atoms with Crippen LogP contribution in [0, 0.1) is 6.92 Å². The lowest BCUT2D eigenvalue weighted by atomic mass is 10.1. The van der Waals surface area contributed by atoms with Gasteiger partial charge in [0.15, 0.2) is 0 Å². The summed E-state index contributed by atoms with van der Waals surface area (Å²) in [6.07, 6.45) is -1.19. The SMILES string of the molecule is Cc1ccc(-c2ccc3ncc4c(c3n2)N(c2cccc(C(F)(F)F)c2)C(=O)N(C)C4)cn1. The van der Waals surface area contributed by atoms with E-state index in [0.29, 0.717) is 28.0 Å². The molecule has 1 aliphatic rings. The highest BCUT2D eigenvalue weighted by molar-refractivity contribution is 6.08. The minimum atomic E-state index is -4.53. The average molecular weight is 449 g/mol. The highest BCUT2D eigenvalue weighted by Crippen LogP contribution is 2.40. The normalized spacial score (nSPS) is 14.0. The number of rotatable bonds is 2. The van der Waals surface area contributed by atoms with Crippen LogP contribution in [0.2, 0.25) is 0 Å². The lowest BCUT2D eigenvalue weighted by Crippen LogP contribution is -2.42. The maximum absolute atomic E-state index is 13.4. The van der Waals surface area contributed by atoms with Crippen LogP contribution in [0.25, 0.3) is 22.3 Å². The van der Waals surface area contributed by atoms with Crippen molar-refractivity contribution >= 4 is 28.4 Å². The van der Waals surface area contributed by atoms with Gasteiger partial charge < -0.3 is 4.90 Å². The van der Waals surface area contributed by atoms with Gasteiger partial charge in [-0.15, -0.1) is 0 Å². The fourth-order valence-electron chi connectivity index (χ4n) is 3.89. The lowest BCUT2D eigenvalue weighted by Gasteiger charge is -2.35. The molecule has 0 aliphatic carbocycles. The molecule has 5 rings (SSSR count). The van der Waals surface area contributed by atoms with Gasteiger partial charge in [-0.2, -0.15) is 13.2 Å². The molecule has 1 aromatic carbocycles. The summed E-state index contributed by atoms with van der Waals surface area (Å²) in [5.41, 5.74) is 3.64. The van der Waals surface area contributed by atoms with Crippen molar-refractivity contribution in [1.29, 1.82) is 0 Å². The zero-order chi connectivity index (χ0) is 23.3. The molecule has 6 nitrogen and oxygen atoms in total. The third-order valence-electron chi connectivity index (χ3n) is 5.55. The van der Waals surface area contributed by atoms with Crippen molar-refractivity contribution < 1.29 is 18.0 Å². The molecule has 0 saturated carbocycles. The Hall–Kier alpha value is -4.01. The van der Waals surface area contributed by atoms with E-state index in [4.69, 9.17) is 4.98 Å². The van der Waals surface area contributed by atoms with Gasteiger partial charge in [-0.3, -0.25) is 14.9 Å². The summed E-state index contributed by atoms with van der Waals surface area (Å²) in [4.78, 5) is 29.4. The first kappa shape index (κ1) is 20.9. The number of aromatic nitrogens is 3. The molecule has 4 heterocycles. The third-order valence-corrected chi connectivity index (χ3v) is 5.55. The summed E-state index contributed by atoms with van der Waals surface area (Å²) in [5.74, 6) is 0. The lowest BCUT2D eigenvalue weighted by molar-refractivity contribution is -0.137. The minimum Gasteiger partial charge on any atom is -0.323 e. The number of benzene rings is 1. The highest BCUT2D eigenvalue weighted by atomic mass is 19.4. The number of carbonyl (C=O) groups is 1. The molecule has 0 fully saturated rings. The Labute approximate surface area is 187 Å². The van der Waals surface area contributed by atoms with Gasteiger partial charge in [-0.1, -0.05) is 6.07 Å². The summed E-state index contributed by atoms with van der Waals surface area (Å²) < 4.78 is 40.2. The minimum absolute atomic E-state index is 0.110. The maximum atomic E-state index is 13.4. The number of pyridine rings is 3. The molecular formula is C24H18F3N5O. The standard InChI is InChI=1S/C24H18F3N5O/c1-14-6-7-15(11-28-14)19-8-9-20-21(30-19)22-16(12-29-20)13-31(2)23(33)32(22)18-5-3-4-17(10-18)24(25,26)27/h3-12H,13H2,1-2H3. The van der Waals surface area contributed by atoms with Gasteiger partial charge in [0.25, 0.3) is 0 Å². The summed E-state index contributed by atoms with van der Waals surface area (Å²) in [6, 6.07) is 11.6. The Morgan fingerprint density at radius 1 is 1.00 bits per heavy atom. The molecule has 0 N–H and O–H groups in total. The number of alkyl halides is 3. The van der Waals surface area contributed by atoms with Crippen LogP contribution in [0.1, 0.15) is 16.8 Å². The van der Waals surface area contributed by atoms with Crippen LogP contribution < -0.4 is 4.90 Å². The van der Waals surface area contributed by atoms with E-state index in [1.165, 1.54) is 21.9 Å². The number of hydrogen-bond donors (Lipinski definition) is 0. The van der Waals surface area contributed by atoms with Crippen molar-refractivity contribution in [2.24, 2.45) is 0 Å². The molecule has 0 bridgehead atoms. The number of amides is 2. The fraction of sp³-hybridized carbons (Fsp3) is 0.167. The summed E-state index contributed by atoms with van der Waals surface area (Å²) >= 11 is 0. The van der Waals surface area contributed by atoms with Crippen LogP contribution in [0.15, 0.2) is 60.9 Å². The zero-order valence-corrected chi connectivity index (χ0v) is 17.8. The largest absolute Gasteiger partial charge is 0.416 e. The van der Waals surface area contributed by atoms with Crippen molar-refractivity contribution in [1.82, 2.24) is 19.9 Å². The molecule has 33 heavy (non-hydrogen) atoms. The molecular weight excluding hydrogens is 431 g/mol. The molecule has 2 amide bonds. The highest BCUT2D eigenvalue weighted by Gasteiger charge is 2.35. The second-order valence-corrected chi connectivity index (χ2v) is 7.91. The van der Waals surface area contributed by atoms with Crippen molar-refractivity contribution in [2.45, 2.75) is 19.6 Å². The van der Waals surface area contributed by atoms with Crippen LogP contribution in [0.5, 0.6) is 0 Å². The Morgan fingerprint density at radius 2 is 1.82 bits per heavy atom. The smallest absolute Gasteiger partial charge is 0.323 e. The predicted octanol–water partition coefficient (Wildman–Crippen LogP) is 5.72. The average Bonchev–Trinajstić information content (AvgIpc) is 2.79. The molecule has 1 aliphatic heterocycles. The Bertz CT molecular complexity index is 1390. The van der Waals surface area contributed by atoms with Crippen LogP contribution in [0.3, 0.4) is 0 Å². The topological polar surface area (TPSA) is 62.2 Å². The first-order chi connectivity index (χ1) is 15.7. The van der Waals surface area contributed by atoms with Gasteiger partial charge >= 0.3 is 12.2 Å². The van der Waals surface area contributed by atoms with E-state index in [1.807, 2.05) is 19.1 Å². The molecule has 9 heteroatoms. The van der Waals surface area contributed by atoms with E-state index in [0.717, 1.165) is 23.4 Å². The van der Waals surface area contributed by atoms with Crippen LogP contribution in [-0.2, 0) is 12.7 Å².